The van der Waals surface area contributed by atoms with E-state index >= 15 is 0 Å². The van der Waals surface area contributed by atoms with Crippen molar-refractivity contribution < 1.29 is 24.2 Å². The number of benzene rings is 1. The zero-order valence-corrected chi connectivity index (χ0v) is 11.3. The number of carbonyl (C=O) groups excluding carboxylic acids is 1. The SMILES string of the molecule is COCOc1ccc(/C=C/C(=O)NC(C)C(=O)O)cc1. The molecule has 0 bridgehead atoms. The van der Waals surface area contributed by atoms with Gasteiger partial charge in [0, 0.05) is 13.2 Å². The van der Waals surface area contributed by atoms with Gasteiger partial charge in [0.05, 0.1) is 0 Å². The largest absolute Gasteiger partial charge is 0.480 e. The average molecular weight is 279 g/mol. The lowest BCUT2D eigenvalue weighted by molar-refractivity contribution is -0.140. The Bertz CT molecular complexity index is 481. The molecule has 0 saturated carbocycles. The first-order chi connectivity index (χ1) is 9.52. The zero-order valence-electron chi connectivity index (χ0n) is 11.3. The van der Waals surface area contributed by atoms with Gasteiger partial charge >= 0.3 is 5.97 Å². The van der Waals surface area contributed by atoms with Crippen LogP contribution in [-0.4, -0.2) is 36.9 Å². The molecule has 0 aliphatic carbocycles. The molecular formula is C14H17NO5. The molecule has 1 aromatic carbocycles. The van der Waals surface area contributed by atoms with Gasteiger partial charge in [0.2, 0.25) is 5.91 Å². The number of methoxy groups -OCH3 is 1. The molecule has 108 valence electrons. The molecule has 1 unspecified atom stereocenters. The Kier molecular flexibility index (Phi) is 6.25. The maximum absolute atomic E-state index is 11.4. The van der Waals surface area contributed by atoms with Crippen LogP contribution in [0.2, 0.25) is 0 Å². The molecule has 1 amide bonds. The molecule has 0 aromatic heterocycles. The third kappa shape index (κ3) is 5.53. The molecule has 2 N–H and O–H groups in total. The van der Waals surface area contributed by atoms with E-state index in [4.69, 9.17) is 14.6 Å². The number of hydrogen-bond acceptors (Lipinski definition) is 4. The maximum Gasteiger partial charge on any atom is 0.325 e. The average Bonchev–Trinajstić information content (AvgIpc) is 2.43. The molecule has 1 atom stereocenters. The minimum Gasteiger partial charge on any atom is -0.480 e. The van der Waals surface area contributed by atoms with Gasteiger partial charge in [-0.25, -0.2) is 0 Å². The Hall–Kier alpha value is -2.34. The van der Waals surface area contributed by atoms with Gasteiger partial charge in [0.1, 0.15) is 11.8 Å². The van der Waals surface area contributed by atoms with Crippen LogP contribution in [0.15, 0.2) is 30.3 Å². The summed E-state index contributed by atoms with van der Waals surface area (Å²) < 4.78 is 10.00. The summed E-state index contributed by atoms with van der Waals surface area (Å²) in [5.41, 5.74) is 0.799. The third-order valence-corrected chi connectivity index (χ3v) is 2.38. The summed E-state index contributed by atoms with van der Waals surface area (Å²) in [6.45, 7) is 1.57. The number of nitrogens with one attached hydrogen (secondary N) is 1. The van der Waals surface area contributed by atoms with E-state index in [1.54, 1.807) is 30.3 Å². The second-order valence-electron chi connectivity index (χ2n) is 4.02. The van der Waals surface area contributed by atoms with E-state index in [1.165, 1.54) is 20.1 Å². The molecule has 0 saturated heterocycles. The highest BCUT2D eigenvalue weighted by Gasteiger charge is 2.11. The number of hydrogen-bond donors (Lipinski definition) is 2. The van der Waals surface area contributed by atoms with Crippen molar-refractivity contribution in [3.8, 4) is 5.75 Å². The van der Waals surface area contributed by atoms with E-state index in [-0.39, 0.29) is 6.79 Å². The molecule has 0 aliphatic heterocycles. The fourth-order valence-electron chi connectivity index (χ4n) is 1.30. The summed E-state index contributed by atoms with van der Waals surface area (Å²) in [6.07, 6.45) is 2.87. The number of carboxylic acids is 1. The smallest absolute Gasteiger partial charge is 0.325 e. The minimum absolute atomic E-state index is 0.171. The Morgan fingerprint density at radius 1 is 1.35 bits per heavy atom. The highest BCUT2D eigenvalue weighted by atomic mass is 16.7. The van der Waals surface area contributed by atoms with E-state index in [1.807, 2.05) is 0 Å². The van der Waals surface area contributed by atoms with Crippen LogP contribution in [0.1, 0.15) is 12.5 Å². The van der Waals surface area contributed by atoms with Crippen LogP contribution < -0.4 is 10.1 Å². The van der Waals surface area contributed by atoms with Gasteiger partial charge in [-0.3, -0.25) is 9.59 Å². The van der Waals surface area contributed by atoms with Gasteiger partial charge in [-0.1, -0.05) is 12.1 Å². The van der Waals surface area contributed by atoms with Crippen molar-refractivity contribution in [2.45, 2.75) is 13.0 Å². The van der Waals surface area contributed by atoms with Crippen molar-refractivity contribution in [1.29, 1.82) is 0 Å². The molecule has 0 heterocycles. The third-order valence-electron chi connectivity index (χ3n) is 2.38. The topological polar surface area (TPSA) is 84.9 Å². The summed E-state index contributed by atoms with van der Waals surface area (Å²) >= 11 is 0. The van der Waals surface area contributed by atoms with Crippen molar-refractivity contribution in [1.82, 2.24) is 5.32 Å². The second kappa shape index (κ2) is 7.96. The Labute approximate surface area is 117 Å². The van der Waals surface area contributed by atoms with Gasteiger partial charge in [0.15, 0.2) is 6.79 Å². The monoisotopic (exact) mass is 279 g/mol. The number of ether oxygens (including phenoxy) is 2. The number of amides is 1. The summed E-state index contributed by atoms with van der Waals surface area (Å²) in [5.74, 6) is -0.876. The maximum atomic E-state index is 11.4. The minimum atomic E-state index is -1.08. The van der Waals surface area contributed by atoms with Crippen LogP contribution in [0.5, 0.6) is 5.75 Å². The highest BCUT2D eigenvalue weighted by Crippen LogP contribution is 2.13. The fraction of sp³-hybridized carbons (Fsp3) is 0.286. The van der Waals surface area contributed by atoms with Crippen molar-refractivity contribution in [2.24, 2.45) is 0 Å². The summed E-state index contributed by atoms with van der Waals surface area (Å²) in [7, 11) is 1.54. The van der Waals surface area contributed by atoms with E-state index in [0.717, 1.165) is 5.56 Å². The lowest BCUT2D eigenvalue weighted by Crippen LogP contribution is -2.37. The summed E-state index contributed by atoms with van der Waals surface area (Å²) in [5, 5.41) is 11.0. The van der Waals surface area contributed by atoms with Gasteiger partial charge in [-0.15, -0.1) is 0 Å². The van der Waals surface area contributed by atoms with E-state index in [0.29, 0.717) is 5.75 Å². The molecule has 0 aliphatic rings. The Morgan fingerprint density at radius 3 is 2.55 bits per heavy atom. The molecule has 6 nitrogen and oxygen atoms in total. The molecule has 0 spiro atoms. The molecule has 6 heteroatoms. The molecule has 20 heavy (non-hydrogen) atoms. The molecule has 1 rings (SSSR count). The van der Waals surface area contributed by atoms with E-state index in [9.17, 15) is 9.59 Å². The molecule has 0 radical (unpaired) electrons. The summed E-state index contributed by atoms with van der Waals surface area (Å²) in [6, 6.07) is 6.12. The lowest BCUT2D eigenvalue weighted by Gasteiger charge is -2.06. The van der Waals surface area contributed by atoms with Crippen molar-refractivity contribution in [3.63, 3.8) is 0 Å². The predicted octanol–water partition coefficient (Wildman–Crippen LogP) is 1.27. The van der Waals surface area contributed by atoms with Crippen molar-refractivity contribution >= 4 is 18.0 Å². The zero-order chi connectivity index (χ0) is 15.0. The Balaban J connectivity index is 2.53. The normalized spacial score (nSPS) is 12.1. The summed E-state index contributed by atoms with van der Waals surface area (Å²) in [4.78, 5) is 22.0. The molecule has 0 fully saturated rings. The Morgan fingerprint density at radius 2 is 2.00 bits per heavy atom. The van der Waals surface area contributed by atoms with Crippen molar-refractivity contribution in [3.05, 3.63) is 35.9 Å². The van der Waals surface area contributed by atoms with Gasteiger partial charge < -0.3 is 19.9 Å². The van der Waals surface area contributed by atoms with Crippen LogP contribution in [0, 0.1) is 0 Å². The highest BCUT2D eigenvalue weighted by molar-refractivity contribution is 5.94. The standard InChI is InChI=1S/C14H17NO5/c1-10(14(17)18)15-13(16)8-5-11-3-6-12(7-4-11)20-9-19-2/h3-8,10H,9H2,1-2H3,(H,15,16)(H,17,18)/b8-5+. The first kappa shape index (κ1) is 15.7. The van der Waals surface area contributed by atoms with Gasteiger partial charge in [0.25, 0.3) is 0 Å². The fourth-order valence-corrected chi connectivity index (χ4v) is 1.30. The van der Waals surface area contributed by atoms with Crippen LogP contribution in [-0.2, 0) is 14.3 Å². The lowest BCUT2D eigenvalue weighted by atomic mass is 10.2. The first-order valence-electron chi connectivity index (χ1n) is 5.96. The number of carboxylic acid groups (broad SMARTS) is 1. The number of rotatable bonds is 7. The van der Waals surface area contributed by atoms with Crippen LogP contribution >= 0.6 is 0 Å². The quantitative estimate of drug-likeness (QED) is 0.580. The van der Waals surface area contributed by atoms with E-state index < -0.39 is 17.9 Å². The van der Waals surface area contributed by atoms with Gasteiger partial charge in [-0.05, 0) is 30.7 Å². The number of carbonyl (C=O) groups is 2. The van der Waals surface area contributed by atoms with Crippen LogP contribution in [0.4, 0.5) is 0 Å². The predicted molar refractivity (Wildman–Crippen MR) is 73.2 cm³/mol. The van der Waals surface area contributed by atoms with E-state index in [2.05, 4.69) is 5.32 Å². The molecule has 1 aromatic rings. The molecular weight excluding hydrogens is 262 g/mol. The first-order valence-corrected chi connectivity index (χ1v) is 5.96. The second-order valence-corrected chi connectivity index (χ2v) is 4.02. The van der Waals surface area contributed by atoms with Gasteiger partial charge in [-0.2, -0.15) is 0 Å². The van der Waals surface area contributed by atoms with Crippen LogP contribution in [0.3, 0.4) is 0 Å². The van der Waals surface area contributed by atoms with Crippen molar-refractivity contribution in [2.75, 3.05) is 13.9 Å². The van der Waals surface area contributed by atoms with Crippen LogP contribution in [0.25, 0.3) is 6.08 Å². The number of aliphatic carboxylic acids is 1.